The molecule has 0 saturated carbocycles. The van der Waals surface area contributed by atoms with E-state index in [-0.39, 0.29) is 18.5 Å². The van der Waals surface area contributed by atoms with Gasteiger partial charge in [-0.05, 0) is 97.6 Å². The van der Waals surface area contributed by atoms with Gasteiger partial charge in [0.15, 0.2) is 0 Å². The molecule has 6 nitrogen and oxygen atoms in total. The minimum absolute atomic E-state index is 0.128. The fraction of sp³-hybridized carbons (Fsp3) is 0.730. The SMILES string of the molecule is CCC/C=C\CCCC/C=C\CCCCC(=O)O[C@@H](CCN(C)C)COC(=O)CCCC/C=C\CCOC/C=C\CCC. The van der Waals surface area contributed by atoms with Crippen LogP contribution in [0.1, 0.15) is 129 Å². The van der Waals surface area contributed by atoms with E-state index in [1.54, 1.807) is 0 Å². The molecule has 0 radical (unpaired) electrons. The number of ether oxygens (including phenoxy) is 3. The van der Waals surface area contributed by atoms with Gasteiger partial charge in [-0.3, -0.25) is 9.59 Å². The first-order chi connectivity index (χ1) is 21.0. The van der Waals surface area contributed by atoms with E-state index in [2.05, 4.69) is 62.5 Å². The third-order valence-corrected chi connectivity index (χ3v) is 6.84. The van der Waals surface area contributed by atoms with E-state index in [0.29, 0.717) is 25.9 Å². The van der Waals surface area contributed by atoms with Gasteiger partial charge in [-0.25, -0.2) is 0 Å². The Balaban J connectivity index is 4.00. The summed E-state index contributed by atoms with van der Waals surface area (Å²) in [4.78, 5) is 26.7. The normalized spacial score (nSPS) is 12.9. The molecule has 0 bridgehead atoms. The molecule has 0 aromatic carbocycles. The fourth-order valence-electron chi connectivity index (χ4n) is 4.20. The molecular weight excluding hydrogens is 538 g/mol. The zero-order chi connectivity index (χ0) is 31.6. The maximum Gasteiger partial charge on any atom is 0.306 e. The van der Waals surface area contributed by atoms with E-state index in [0.717, 1.165) is 70.9 Å². The predicted octanol–water partition coefficient (Wildman–Crippen LogP) is 9.31. The monoisotopic (exact) mass is 603 g/mol. The highest BCUT2D eigenvalue weighted by molar-refractivity contribution is 5.70. The summed E-state index contributed by atoms with van der Waals surface area (Å²) >= 11 is 0. The van der Waals surface area contributed by atoms with Crippen molar-refractivity contribution in [1.82, 2.24) is 4.90 Å². The Hall–Kier alpha value is -2.18. The summed E-state index contributed by atoms with van der Waals surface area (Å²) in [6.45, 7) is 6.68. The smallest absolute Gasteiger partial charge is 0.306 e. The topological polar surface area (TPSA) is 65.1 Å². The molecule has 0 aliphatic heterocycles. The molecular formula is C37H65NO5. The van der Waals surface area contributed by atoms with Gasteiger partial charge in [0.05, 0.1) is 13.2 Å². The quantitative estimate of drug-likeness (QED) is 0.0463. The first kappa shape index (κ1) is 40.8. The van der Waals surface area contributed by atoms with E-state index < -0.39 is 6.10 Å². The second kappa shape index (κ2) is 32.7. The van der Waals surface area contributed by atoms with Crippen LogP contribution in [0.2, 0.25) is 0 Å². The van der Waals surface area contributed by atoms with Crippen molar-refractivity contribution in [2.45, 2.75) is 136 Å². The highest BCUT2D eigenvalue weighted by atomic mass is 16.6. The summed E-state index contributed by atoms with van der Waals surface area (Å²) in [6, 6.07) is 0. The van der Waals surface area contributed by atoms with Crippen LogP contribution in [-0.4, -0.2) is 63.4 Å². The van der Waals surface area contributed by atoms with Crippen LogP contribution in [0.3, 0.4) is 0 Å². The van der Waals surface area contributed by atoms with Gasteiger partial charge >= 0.3 is 11.9 Å². The minimum atomic E-state index is -0.400. The number of allylic oxidation sites excluding steroid dienone is 6. The Kier molecular flexibility index (Phi) is 31.1. The molecule has 0 heterocycles. The molecule has 0 aliphatic carbocycles. The average molecular weight is 604 g/mol. The van der Waals surface area contributed by atoms with Crippen LogP contribution >= 0.6 is 0 Å². The number of hydrogen-bond acceptors (Lipinski definition) is 6. The minimum Gasteiger partial charge on any atom is -0.462 e. The lowest BCUT2D eigenvalue weighted by Crippen LogP contribution is -2.29. The van der Waals surface area contributed by atoms with Crippen molar-refractivity contribution in [2.24, 2.45) is 0 Å². The van der Waals surface area contributed by atoms with Crippen LogP contribution in [0.15, 0.2) is 48.6 Å². The standard InChI is InChI=1S/C37H65NO5/c1-5-7-9-11-12-13-14-15-16-17-18-22-25-29-37(40)43-35(30-31-38(3)4)34-42-36(39)28-24-21-19-20-23-27-33-41-32-26-10-8-6-2/h9-11,16-17,20,23,26,35H,5-8,12-15,18-19,21-22,24-25,27-34H2,1-4H3/b11-9-,17-16-,23-20-,26-10-/t35-/m0/s1. The summed E-state index contributed by atoms with van der Waals surface area (Å²) in [5.74, 6) is -0.427. The van der Waals surface area contributed by atoms with Crippen LogP contribution in [0.5, 0.6) is 0 Å². The summed E-state index contributed by atoms with van der Waals surface area (Å²) < 4.78 is 16.7. The second-order valence-electron chi connectivity index (χ2n) is 11.5. The third-order valence-electron chi connectivity index (χ3n) is 6.84. The van der Waals surface area contributed by atoms with E-state index in [9.17, 15) is 9.59 Å². The van der Waals surface area contributed by atoms with E-state index in [4.69, 9.17) is 14.2 Å². The van der Waals surface area contributed by atoms with Crippen molar-refractivity contribution < 1.29 is 23.8 Å². The average Bonchev–Trinajstić information content (AvgIpc) is 2.99. The Morgan fingerprint density at radius 3 is 1.67 bits per heavy atom. The van der Waals surface area contributed by atoms with Crippen molar-refractivity contribution in [2.75, 3.05) is 40.5 Å². The van der Waals surface area contributed by atoms with Gasteiger partial charge in [0.2, 0.25) is 0 Å². The van der Waals surface area contributed by atoms with Crippen molar-refractivity contribution in [3.8, 4) is 0 Å². The van der Waals surface area contributed by atoms with Gasteiger partial charge in [0.1, 0.15) is 12.7 Å². The zero-order valence-corrected chi connectivity index (χ0v) is 28.2. The number of carbonyl (C=O) groups is 2. The molecule has 0 amide bonds. The summed E-state index contributed by atoms with van der Waals surface area (Å²) in [5, 5.41) is 0. The van der Waals surface area contributed by atoms with E-state index in [1.807, 2.05) is 19.0 Å². The van der Waals surface area contributed by atoms with Crippen LogP contribution in [0.4, 0.5) is 0 Å². The highest BCUT2D eigenvalue weighted by Crippen LogP contribution is 2.10. The zero-order valence-electron chi connectivity index (χ0n) is 28.2. The van der Waals surface area contributed by atoms with Crippen molar-refractivity contribution in [1.29, 1.82) is 0 Å². The number of hydrogen-bond donors (Lipinski definition) is 0. The van der Waals surface area contributed by atoms with Gasteiger partial charge < -0.3 is 19.1 Å². The van der Waals surface area contributed by atoms with Gasteiger partial charge in [-0.2, -0.15) is 0 Å². The molecule has 0 fully saturated rings. The Labute approximate surface area is 265 Å². The van der Waals surface area contributed by atoms with Gasteiger partial charge in [0, 0.05) is 25.8 Å². The van der Waals surface area contributed by atoms with Crippen LogP contribution < -0.4 is 0 Å². The second-order valence-corrected chi connectivity index (χ2v) is 11.5. The van der Waals surface area contributed by atoms with Crippen molar-refractivity contribution in [3.05, 3.63) is 48.6 Å². The van der Waals surface area contributed by atoms with Crippen molar-refractivity contribution >= 4 is 11.9 Å². The third kappa shape index (κ3) is 32.6. The molecule has 0 N–H and O–H groups in total. The lowest BCUT2D eigenvalue weighted by Gasteiger charge is -2.20. The number of rotatable bonds is 30. The predicted molar refractivity (Wildman–Crippen MR) is 181 cm³/mol. The lowest BCUT2D eigenvalue weighted by molar-refractivity contribution is -0.159. The van der Waals surface area contributed by atoms with Crippen LogP contribution in [0.25, 0.3) is 0 Å². The van der Waals surface area contributed by atoms with Gasteiger partial charge in [-0.1, -0.05) is 75.3 Å². The lowest BCUT2D eigenvalue weighted by atomic mass is 10.1. The summed E-state index contributed by atoms with van der Waals surface area (Å²) in [7, 11) is 3.97. The Bertz CT molecular complexity index is 756. The molecule has 0 aromatic rings. The molecule has 0 aliphatic rings. The Morgan fingerprint density at radius 2 is 1.12 bits per heavy atom. The molecule has 248 valence electrons. The molecule has 0 unspecified atom stereocenters. The maximum absolute atomic E-state index is 12.4. The van der Waals surface area contributed by atoms with Gasteiger partial charge in [0.25, 0.3) is 0 Å². The molecule has 43 heavy (non-hydrogen) atoms. The molecule has 0 spiro atoms. The maximum atomic E-state index is 12.4. The fourth-order valence-corrected chi connectivity index (χ4v) is 4.20. The Morgan fingerprint density at radius 1 is 0.628 bits per heavy atom. The van der Waals surface area contributed by atoms with Crippen LogP contribution in [-0.2, 0) is 23.8 Å². The molecule has 0 saturated heterocycles. The molecule has 6 heteroatoms. The summed E-state index contributed by atoms with van der Waals surface area (Å²) in [5.41, 5.74) is 0. The number of unbranched alkanes of at least 4 members (excludes halogenated alkanes) is 9. The largest absolute Gasteiger partial charge is 0.462 e. The highest BCUT2D eigenvalue weighted by Gasteiger charge is 2.17. The number of nitrogens with zero attached hydrogens (tertiary/aromatic N) is 1. The van der Waals surface area contributed by atoms with Crippen LogP contribution in [0, 0.1) is 0 Å². The molecule has 0 rings (SSSR count). The van der Waals surface area contributed by atoms with Gasteiger partial charge in [-0.15, -0.1) is 0 Å². The first-order valence-electron chi connectivity index (χ1n) is 17.2. The first-order valence-corrected chi connectivity index (χ1v) is 17.2. The summed E-state index contributed by atoms with van der Waals surface area (Å²) in [6.07, 6.45) is 34.5. The molecule has 1 atom stereocenters. The number of carbonyl (C=O) groups excluding carboxylic acids is 2. The van der Waals surface area contributed by atoms with E-state index >= 15 is 0 Å². The van der Waals surface area contributed by atoms with Crippen molar-refractivity contribution in [3.63, 3.8) is 0 Å². The molecule has 0 aromatic heterocycles. The van der Waals surface area contributed by atoms with E-state index in [1.165, 1.54) is 38.5 Å². The number of esters is 2.